The Morgan fingerprint density at radius 3 is 2.67 bits per heavy atom. The topological polar surface area (TPSA) is 73.0 Å². The van der Waals surface area contributed by atoms with E-state index in [1.165, 1.54) is 12.5 Å². The summed E-state index contributed by atoms with van der Waals surface area (Å²) >= 11 is 0. The lowest BCUT2D eigenvalue weighted by Crippen LogP contribution is -2.11. The molecular formula is C10H16N2O2S. The number of nitrogens with two attached hydrogens (primary N) is 1. The van der Waals surface area contributed by atoms with Crippen LogP contribution in [0.2, 0.25) is 0 Å². The van der Waals surface area contributed by atoms with E-state index in [2.05, 4.69) is 4.98 Å². The van der Waals surface area contributed by atoms with Crippen LogP contribution in [0.25, 0.3) is 0 Å². The lowest BCUT2D eigenvalue weighted by molar-refractivity contribution is 0.599. The molecule has 0 amide bonds. The summed E-state index contributed by atoms with van der Waals surface area (Å²) in [6.45, 7) is 2.04. The van der Waals surface area contributed by atoms with E-state index in [9.17, 15) is 8.42 Å². The Bertz CT molecular complexity index is 429. The molecule has 0 fully saturated rings. The van der Waals surface area contributed by atoms with Crippen LogP contribution in [0.3, 0.4) is 0 Å². The Hall–Kier alpha value is -0.940. The minimum Gasteiger partial charge on any atom is -0.324 e. The molecule has 84 valence electrons. The fourth-order valence-electron chi connectivity index (χ4n) is 1.32. The van der Waals surface area contributed by atoms with Gasteiger partial charge in [-0.1, -0.05) is 13.3 Å². The molecule has 0 aliphatic carbocycles. The number of pyridine rings is 1. The quantitative estimate of drug-likeness (QED) is 0.842. The summed E-state index contributed by atoms with van der Waals surface area (Å²) in [5, 5.41) is 0. The molecule has 1 aromatic rings. The number of hydrogen-bond donors (Lipinski definition) is 1. The molecule has 2 N–H and O–H groups in total. The van der Waals surface area contributed by atoms with Crippen molar-refractivity contribution in [3.05, 3.63) is 24.0 Å². The van der Waals surface area contributed by atoms with Crippen LogP contribution in [0.15, 0.2) is 23.4 Å². The molecule has 0 aliphatic heterocycles. The number of sulfone groups is 1. The summed E-state index contributed by atoms with van der Waals surface area (Å²) in [5.41, 5.74) is 6.66. The maximum Gasteiger partial charge on any atom is 0.177 e. The third-order valence-corrected chi connectivity index (χ3v) is 3.27. The highest BCUT2D eigenvalue weighted by Gasteiger charge is 2.11. The molecule has 0 saturated heterocycles. The van der Waals surface area contributed by atoms with E-state index in [0.29, 0.717) is 0 Å². The summed E-state index contributed by atoms with van der Waals surface area (Å²) in [4.78, 5) is 4.12. The monoisotopic (exact) mass is 228 g/mol. The minimum atomic E-state index is -3.19. The predicted molar refractivity (Wildman–Crippen MR) is 59.2 cm³/mol. The van der Waals surface area contributed by atoms with Crippen molar-refractivity contribution in [2.75, 3.05) is 6.26 Å². The summed E-state index contributed by atoms with van der Waals surface area (Å²) < 4.78 is 22.6. The predicted octanol–water partition coefficient (Wildman–Crippen LogP) is 1.29. The van der Waals surface area contributed by atoms with Gasteiger partial charge in [-0.05, 0) is 18.1 Å². The van der Waals surface area contributed by atoms with Crippen molar-refractivity contribution in [2.24, 2.45) is 5.73 Å². The maximum atomic E-state index is 11.3. The number of nitrogens with zero attached hydrogens (tertiary/aromatic N) is 1. The van der Waals surface area contributed by atoms with Gasteiger partial charge in [0, 0.05) is 24.7 Å². The van der Waals surface area contributed by atoms with Crippen LogP contribution in [0, 0.1) is 0 Å². The van der Waals surface area contributed by atoms with Crippen LogP contribution >= 0.6 is 0 Å². The van der Waals surface area contributed by atoms with Crippen molar-refractivity contribution < 1.29 is 8.42 Å². The molecule has 15 heavy (non-hydrogen) atoms. The van der Waals surface area contributed by atoms with Crippen LogP contribution in [0.1, 0.15) is 31.4 Å². The lowest BCUT2D eigenvalue weighted by Gasteiger charge is -2.10. The smallest absolute Gasteiger partial charge is 0.177 e. The van der Waals surface area contributed by atoms with E-state index in [-0.39, 0.29) is 10.9 Å². The van der Waals surface area contributed by atoms with Crippen LogP contribution in [0.4, 0.5) is 0 Å². The first-order valence-corrected chi connectivity index (χ1v) is 6.75. The van der Waals surface area contributed by atoms with Gasteiger partial charge in [0.15, 0.2) is 9.84 Å². The van der Waals surface area contributed by atoms with Gasteiger partial charge in [-0.3, -0.25) is 4.98 Å². The van der Waals surface area contributed by atoms with E-state index >= 15 is 0 Å². The summed E-state index contributed by atoms with van der Waals surface area (Å²) in [7, 11) is -3.19. The minimum absolute atomic E-state index is 0.135. The van der Waals surface area contributed by atoms with Gasteiger partial charge in [0.2, 0.25) is 0 Å². The lowest BCUT2D eigenvalue weighted by atomic mass is 10.1. The Kier molecular flexibility index (Phi) is 3.82. The third-order valence-electron chi connectivity index (χ3n) is 2.19. The van der Waals surface area contributed by atoms with Gasteiger partial charge >= 0.3 is 0 Å². The third kappa shape index (κ3) is 3.28. The second-order valence-corrected chi connectivity index (χ2v) is 5.64. The maximum absolute atomic E-state index is 11.3. The van der Waals surface area contributed by atoms with Gasteiger partial charge in [0.05, 0.1) is 4.90 Å². The first-order chi connectivity index (χ1) is 6.95. The standard InChI is InChI=1S/C10H16N2O2S/c1-3-4-10(11)8-5-9(7-12-6-8)15(2,13)14/h5-7,10H,3-4,11H2,1-2H3/t10-/m0/s1. The highest BCUT2D eigenvalue weighted by molar-refractivity contribution is 7.90. The summed E-state index contributed by atoms with van der Waals surface area (Å²) in [6, 6.07) is 1.46. The van der Waals surface area contributed by atoms with E-state index in [1.54, 1.807) is 12.3 Å². The van der Waals surface area contributed by atoms with Crippen molar-refractivity contribution in [3.63, 3.8) is 0 Å². The average Bonchev–Trinajstić information content (AvgIpc) is 2.17. The van der Waals surface area contributed by atoms with Crippen LogP contribution in [-0.4, -0.2) is 19.7 Å². The van der Waals surface area contributed by atoms with Crippen molar-refractivity contribution in [2.45, 2.75) is 30.7 Å². The Morgan fingerprint density at radius 1 is 1.47 bits per heavy atom. The van der Waals surface area contributed by atoms with Crippen molar-refractivity contribution >= 4 is 9.84 Å². The van der Waals surface area contributed by atoms with E-state index in [1.807, 2.05) is 6.92 Å². The second kappa shape index (κ2) is 4.72. The average molecular weight is 228 g/mol. The number of rotatable bonds is 4. The van der Waals surface area contributed by atoms with Gasteiger partial charge in [-0.2, -0.15) is 0 Å². The van der Waals surface area contributed by atoms with Gasteiger partial charge in [0.25, 0.3) is 0 Å². The Labute approximate surface area is 90.4 Å². The van der Waals surface area contributed by atoms with Crippen LogP contribution < -0.4 is 5.73 Å². The highest BCUT2D eigenvalue weighted by Crippen LogP contribution is 2.17. The molecule has 4 nitrogen and oxygen atoms in total. The molecule has 1 aromatic heterocycles. The summed E-state index contributed by atoms with van der Waals surface area (Å²) in [5.74, 6) is 0. The summed E-state index contributed by atoms with van der Waals surface area (Å²) in [6.07, 6.45) is 5.92. The first kappa shape index (κ1) is 12.1. The molecule has 1 atom stereocenters. The molecule has 0 bridgehead atoms. The van der Waals surface area contributed by atoms with Crippen molar-refractivity contribution in [3.8, 4) is 0 Å². The largest absolute Gasteiger partial charge is 0.324 e. The molecule has 0 unspecified atom stereocenters. The molecule has 0 radical (unpaired) electrons. The molecule has 1 rings (SSSR count). The van der Waals surface area contributed by atoms with Gasteiger partial charge in [0.1, 0.15) is 0 Å². The highest BCUT2D eigenvalue weighted by atomic mass is 32.2. The SMILES string of the molecule is CCC[C@H](N)c1cncc(S(C)(=O)=O)c1. The number of aromatic nitrogens is 1. The Balaban J connectivity index is 3.03. The van der Waals surface area contributed by atoms with Crippen molar-refractivity contribution in [1.82, 2.24) is 4.98 Å². The molecular weight excluding hydrogens is 212 g/mol. The van der Waals surface area contributed by atoms with Crippen LogP contribution in [0.5, 0.6) is 0 Å². The number of hydrogen-bond acceptors (Lipinski definition) is 4. The molecule has 0 spiro atoms. The Morgan fingerprint density at radius 2 is 2.13 bits per heavy atom. The second-order valence-electron chi connectivity index (χ2n) is 3.62. The molecule has 0 saturated carbocycles. The first-order valence-electron chi connectivity index (χ1n) is 4.85. The van der Waals surface area contributed by atoms with Gasteiger partial charge in [-0.15, -0.1) is 0 Å². The molecule has 0 aromatic carbocycles. The van der Waals surface area contributed by atoms with Gasteiger partial charge < -0.3 is 5.73 Å². The van der Waals surface area contributed by atoms with Crippen LogP contribution in [-0.2, 0) is 9.84 Å². The normalized spacial score (nSPS) is 13.8. The zero-order valence-corrected chi connectivity index (χ0v) is 9.79. The molecule has 1 heterocycles. The molecule has 5 heteroatoms. The van der Waals surface area contributed by atoms with E-state index in [4.69, 9.17) is 5.73 Å². The zero-order valence-electron chi connectivity index (χ0n) is 8.97. The van der Waals surface area contributed by atoms with E-state index in [0.717, 1.165) is 18.4 Å². The fraction of sp³-hybridized carbons (Fsp3) is 0.500. The van der Waals surface area contributed by atoms with E-state index < -0.39 is 9.84 Å². The van der Waals surface area contributed by atoms with Gasteiger partial charge in [-0.25, -0.2) is 8.42 Å². The zero-order chi connectivity index (χ0) is 11.5. The molecule has 0 aliphatic rings. The fourth-order valence-corrected chi connectivity index (χ4v) is 1.92. The van der Waals surface area contributed by atoms with Crippen molar-refractivity contribution in [1.29, 1.82) is 0 Å².